The number of hydrogen-bond donors (Lipinski definition) is 3. The van der Waals surface area contributed by atoms with Gasteiger partial charge in [-0.15, -0.1) is 0 Å². The van der Waals surface area contributed by atoms with E-state index in [9.17, 15) is 15.0 Å². The van der Waals surface area contributed by atoms with Gasteiger partial charge in [-0.1, -0.05) is 0 Å². The zero-order chi connectivity index (χ0) is 11.1. The molecule has 0 saturated carbocycles. The van der Waals surface area contributed by atoms with Gasteiger partial charge in [-0.2, -0.15) is 0 Å². The number of aldehydes is 1. The third-order valence-corrected chi connectivity index (χ3v) is 1.91. The highest BCUT2D eigenvalue weighted by Gasteiger charge is 2.33. The monoisotopic (exact) mass is 208 g/mol. The molecular formula is C8H16O6. The minimum absolute atomic E-state index is 0.282. The molecule has 0 bridgehead atoms. The summed E-state index contributed by atoms with van der Waals surface area (Å²) in [6.07, 6.45) is -4.28. The number of methoxy groups -OCH3 is 2. The fourth-order valence-electron chi connectivity index (χ4n) is 1.16. The molecule has 0 spiro atoms. The number of carbonyl (C=O) groups is 1. The molecule has 0 aromatic heterocycles. The summed E-state index contributed by atoms with van der Waals surface area (Å²) in [7, 11) is 2.56. The Bertz CT molecular complexity index is 162. The van der Waals surface area contributed by atoms with Crippen LogP contribution in [0.2, 0.25) is 0 Å². The third-order valence-electron chi connectivity index (χ3n) is 1.91. The van der Waals surface area contributed by atoms with Gasteiger partial charge in [0.15, 0.2) is 6.29 Å². The van der Waals surface area contributed by atoms with E-state index in [1.165, 1.54) is 14.2 Å². The quantitative estimate of drug-likeness (QED) is 0.416. The lowest BCUT2D eigenvalue weighted by atomic mass is 10.0. The molecule has 0 unspecified atom stereocenters. The van der Waals surface area contributed by atoms with Gasteiger partial charge in [0.25, 0.3) is 0 Å². The first-order chi connectivity index (χ1) is 6.62. The Morgan fingerprint density at radius 2 is 1.71 bits per heavy atom. The molecule has 0 radical (unpaired) electrons. The van der Waals surface area contributed by atoms with Gasteiger partial charge >= 0.3 is 0 Å². The van der Waals surface area contributed by atoms with Crippen LogP contribution < -0.4 is 0 Å². The summed E-state index contributed by atoms with van der Waals surface area (Å²) >= 11 is 0. The largest absolute Gasteiger partial charge is 0.394 e. The summed E-state index contributed by atoms with van der Waals surface area (Å²) in [5.41, 5.74) is 0. The standard InChI is InChI=1S/C8H16O6/c1-13-7(5(11)3-9)8(14-2)6(12)4-10/h3,5-8,10-12H,4H2,1-2H3/t5-,6-,7-,8-/m1/s1. The molecule has 0 amide bonds. The Morgan fingerprint density at radius 3 is 2.00 bits per heavy atom. The molecule has 0 saturated heterocycles. The van der Waals surface area contributed by atoms with Crippen LogP contribution in [0.3, 0.4) is 0 Å². The Morgan fingerprint density at radius 1 is 1.21 bits per heavy atom. The number of ether oxygens (including phenoxy) is 2. The van der Waals surface area contributed by atoms with E-state index in [2.05, 4.69) is 0 Å². The van der Waals surface area contributed by atoms with Crippen LogP contribution in [0, 0.1) is 0 Å². The zero-order valence-corrected chi connectivity index (χ0v) is 8.16. The second-order valence-electron chi connectivity index (χ2n) is 2.78. The maximum atomic E-state index is 10.3. The molecule has 4 atom stereocenters. The number of aliphatic hydroxyl groups is 3. The Kier molecular flexibility index (Phi) is 6.60. The lowest BCUT2D eigenvalue weighted by Gasteiger charge is -2.28. The first-order valence-corrected chi connectivity index (χ1v) is 4.10. The number of carbonyl (C=O) groups excluding carboxylic acids is 1. The Hall–Kier alpha value is -0.530. The Labute approximate surface area is 82.1 Å². The second kappa shape index (κ2) is 6.86. The van der Waals surface area contributed by atoms with E-state index in [0.29, 0.717) is 0 Å². The van der Waals surface area contributed by atoms with E-state index in [1.807, 2.05) is 0 Å². The van der Waals surface area contributed by atoms with Crippen molar-refractivity contribution in [1.82, 2.24) is 0 Å². The topological polar surface area (TPSA) is 96.2 Å². The van der Waals surface area contributed by atoms with Crippen molar-refractivity contribution >= 4 is 6.29 Å². The summed E-state index contributed by atoms with van der Waals surface area (Å²) in [5, 5.41) is 27.2. The molecule has 0 aliphatic rings. The van der Waals surface area contributed by atoms with Gasteiger partial charge < -0.3 is 29.6 Å². The molecule has 84 valence electrons. The van der Waals surface area contributed by atoms with Crippen molar-refractivity contribution < 1.29 is 29.6 Å². The van der Waals surface area contributed by atoms with Gasteiger partial charge in [-0.25, -0.2) is 0 Å². The van der Waals surface area contributed by atoms with Crippen LogP contribution in [0.25, 0.3) is 0 Å². The van der Waals surface area contributed by atoms with Gasteiger partial charge in [0.2, 0.25) is 0 Å². The fourth-order valence-corrected chi connectivity index (χ4v) is 1.16. The number of rotatable bonds is 7. The van der Waals surface area contributed by atoms with Crippen molar-refractivity contribution in [3.63, 3.8) is 0 Å². The van der Waals surface area contributed by atoms with Gasteiger partial charge in [0.1, 0.15) is 24.4 Å². The van der Waals surface area contributed by atoms with Gasteiger partial charge in [-0.3, -0.25) is 0 Å². The Balaban J connectivity index is 4.51. The SMILES string of the molecule is CO[C@@H]([C@H](OC)[C@H](O)CO)[C@H](O)C=O. The van der Waals surface area contributed by atoms with E-state index in [1.54, 1.807) is 0 Å². The highest BCUT2D eigenvalue weighted by molar-refractivity contribution is 5.56. The van der Waals surface area contributed by atoms with Gasteiger partial charge in [0.05, 0.1) is 6.61 Å². The van der Waals surface area contributed by atoms with E-state index in [-0.39, 0.29) is 6.29 Å². The molecular weight excluding hydrogens is 192 g/mol. The smallest absolute Gasteiger partial charge is 0.151 e. The fraction of sp³-hybridized carbons (Fsp3) is 0.875. The molecule has 0 aliphatic carbocycles. The van der Waals surface area contributed by atoms with Crippen LogP contribution in [0.1, 0.15) is 0 Å². The van der Waals surface area contributed by atoms with Crippen LogP contribution in [0.5, 0.6) is 0 Å². The predicted octanol–water partition coefficient (Wildman–Crippen LogP) is -2.07. The first kappa shape index (κ1) is 13.5. The summed E-state index contributed by atoms with van der Waals surface area (Å²) in [5.74, 6) is 0. The second-order valence-corrected chi connectivity index (χ2v) is 2.78. The van der Waals surface area contributed by atoms with Crippen LogP contribution in [0.4, 0.5) is 0 Å². The van der Waals surface area contributed by atoms with Crippen molar-refractivity contribution in [3.8, 4) is 0 Å². The minimum Gasteiger partial charge on any atom is -0.394 e. The van der Waals surface area contributed by atoms with E-state index >= 15 is 0 Å². The third kappa shape index (κ3) is 3.32. The maximum absolute atomic E-state index is 10.3. The highest BCUT2D eigenvalue weighted by atomic mass is 16.5. The van der Waals surface area contributed by atoms with Crippen molar-refractivity contribution in [2.24, 2.45) is 0 Å². The molecule has 0 heterocycles. The van der Waals surface area contributed by atoms with Crippen LogP contribution in [0.15, 0.2) is 0 Å². The summed E-state index contributed by atoms with van der Waals surface area (Å²) < 4.78 is 9.63. The van der Waals surface area contributed by atoms with Crippen molar-refractivity contribution in [3.05, 3.63) is 0 Å². The van der Waals surface area contributed by atoms with E-state index in [0.717, 1.165) is 0 Å². The normalized spacial score (nSPS) is 19.8. The summed E-state index contributed by atoms with van der Waals surface area (Å²) in [6, 6.07) is 0. The number of hydrogen-bond acceptors (Lipinski definition) is 6. The molecule has 0 rings (SSSR count). The van der Waals surface area contributed by atoms with Crippen molar-refractivity contribution in [2.45, 2.75) is 24.4 Å². The average molecular weight is 208 g/mol. The molecule has 3 N–H and O–H groups in total. The highest BCUT2D eigenvalue weighted by Crippen LogP contribution is 2.10. The number of aliphatic hydroxyl groups excluding tert-OH is 3. The minimum atomic E-state index is -1.40. The van der Waals surface area contributed by atoms with Crippen LogP contribution in [-0.2, 0) is 14.3 Å². The van der Waals surface area contributed by atoms with Crippen molar-refractivity contribution in [1.29, 1.82) is 0 Å². The lowest BCUT2D eigenvalue weighted by molar-refractivity contribution is -0.150. The molecule has 6 nitrogen and oxygen atoms in total. The summed E-state index contributed by atoms with van der Waals surface area (Å²) in [6.45, 7) is -0.538. The molecule has 0 aromatic carbocycles. The molecule has 6 heteroatoms. The predicted molar refractivity (Wildman–Crippen MR) is 46.8 cm³/mol. The molecule has 0 fully saturated rings. The summed E-state index contributed by atoms with van der Waals surface area (Å²) in [4.78, 5) is 10.3. The molecule has 0 aliphatic heterocycles. The maximum Gasteiger partial charge on any atom is 0.151 e. The van der Waals surface area contributed by atoms with E-state index < -0.39 is 31.0 Å². The molecule has 0 aromatic rings. The van der Waals surface area contributed by atoms with Crippen LogP contribution in [-0.4, -0.2) is 66.8 Å². The zero-order valence-electron chi connectivity index (χ0n) is 8.16. The molecule has 14 heavy (non-hydrogen) atoms. The van der Waals surface area contributed by atoms with Crippen molar-refractivity contribution in [2.75, 3.05) is 20.8 Å². The lowest BCUT2D eigenvalue weighted by Crippen LogP contribution is -2.48. The van der Waals surface area contributed by atoms with E-state index in [4.69, 9.17) is 14.6 Å². The average Bonchev–Trinajstić information content (AvgIpc) is 2.23. The first-order valence-electron chi connectivity index (χ1n) is 4.10. The van der Waals surface area contributed by atoms with Gasteiger partial charge in [0, 0.05) is 14.2 Å². The van der Waals surface area contributed by atoms with Gasteiger partial charge in [-0.05, 0) is 0 Å². The van der Waals surface area contributed by atoms with Crippen LogP contribution >= 0.6 is 0 Å².